The van der Waals surface area contributed by atoms with Gasteiger partial charge in [-0.2, -0.15) is 0 Å². The highest BCUT2D eigenvalue weighted by molar-refractivity contribution is 5.82. The zero-order valence-corrected chi connectivity index (χ0v) is 9.15. The topological polar surface area (TPSA) is 75.5 Å². The van der Waals surface area contributed by atoms with Crippen LogP contribution in [0.4, 0.5) is 20.2 Å². The molecule has 1 fully saturated rings. The number of rotatable bonds is 2. The van der Waals surface area contributed by atoms with E-state index in [0.717, 1.165) is 0 Å². The van der Waals surface area contributed by atoms with Gasteiger partial charge in [0.05, 0.1) is 23.6 Å². The first-order chi connectivity index (χ1) is 8.49. The van der Waals surface area contributed by atoms with Crippen molar-refractivity contribution >= 4 is 17.3 Å². The van der Waals surface area contributed by atoms with Gasteiger partial charge in [0.1, 0.15) is 5.69 Å². The summed E-state index contributed by atoms with van der Waals surface area (Å²) < 4.78 is 27.3. The third-order valence-corrected chi connectivity index (χ3v) is 2.57. The van der Waals surface area contributed by atoms with Crippen LogP contribution < -0.4 is 10.2 Å². The van der Waals surface area contributed by atoms with Crippen LogP contribution in [0.2, 0.25) is 0 Å². The van der Waals surface area contributed by atoms with Gasteiger partial charge in [-0.05, 0) is 0 Å². The molecule has 96 valence electrons. The van der Waals surface area contributed by atoms with Crippen molar-refractivity contribution in [3.63, 3.8) is 0 Å². The molecule has 0 atom stereocenters. The highest BCUT2D eigenvalue weighted by Gasteiger charge is 2.25. The second-order valence-corrected chi connectivity index (χ2v) is 3.79. The van der Waals surface area contributed by atoms with Crippen LogP contribution in [-0.2, 0) is 4.79 Å². The number of nitro groups is 1. The third-order valence-electron chi connectivity index (χ3n) is 2.57. The van der Waals surface area contributed by atoms with Gasteiger partial charge in [-0.1, -0.05) is 0 Å². The van der Waals surface area contributed by atoms with E-state index in [1.165, 1.54) is 4.90 Å². The number of non-ortho nitro benzene ring substituents is 1. The highest BCUT2D eigenvalue weighted by atomic mass is 19.1. The van der Waals surface area contributed by atoms with Crippen LogP contribution in [0.15, 0.2) is 12.1 Å². The van der Waals surface area contributed by atoms with Crippen molar-refractivity contribution in [2.45, 2.75) is 0 Å². The Hall–Kier alpha value is -2.25. The molecule has 6 nitrogen and oxygen atoms in total. The van der Waals surface area contributed by atoms with Crippen LogP contribution in [0.3, 0.4) is 0 Å². The smallest absolute Gasteiger partial charge is 0.275 e. The summed E-state index contributed by atoms with van der Waals surface area (Å²) in [6.07, 6.45) is 0. The van der Waals surface area contributed by atoms with Gasteiger partial charge < -0.3 is 10.2 Å². The number of hydrogen-bond donors (Lipinski definition) is 1. The van der Waals surface area contributed by atoms with Gasteiger partial charge >= 0.3 is 0 Å². The standard InChI is InChI=1S/C10H9F2N3O3/c11-7-3-6(15(17)18)4-8(12)10(7)14-2-1-13-9(16)5-14/h3-4H,1-2,5H2,(H,13,16). The first-order valence-electron chi connectivity index (χ1n) is 5.14. The Balaban J connectivity index is 2.38. The van der Waals surface area contributed by atoms with Gasteiger partial charge in [0.15, 0.2) is 11.6 Å². The Morgan fingerprint density at radius 3 is 2.44 bits per heavy atom. The average molecular weight is 257 g/mol. The van der Waals surface area contributed by atoms with Crippen LogP contribution in [0.1, 0.15) is 0 Å². The molecule has 18 heavy (non-hydrogen) atoms. The van der Waals surface area contributed by atoms with Crippen molar-refractivity contribution in [2.75, 3.05) is 24.5 Å². The lowest BCUT2D eigenvalue weighted by Crippen LogP contribution is -2.48. The van der Waals surface area contributed by atoms with Crippen LogP contribution >= 0.6 is 0 Å². The minimum absolute atomic E-state index is 0.175. The number of nitro benzene ring substituents is 1. The minimum atomic E-state index is -1.05. The first-order valence-corrected chi connectivity index (χ1v) is 5.14. The zero-order chi connectivity index (χ0) is 13.3. The molecule has 0 aromatic heterocycles. The van der Waals surface area contributed by atoms with E-state index in [9.17, 15) is 23.7 Å². The van der Waals surface area contributed by atoms with E-state index >= 15 is 0 Å². The Labute approximate surface area is 100 Å². The van der Waals surface area contributed by atoms with Crippen LogP contribution in [0, 0.1) is 21.7 Å². The van der Waals surface area contributed by atoms with Crippen molar-refractivity contribution in [3.05, 3.63) is 33.9 Å². The van der Waals surface area contributed by atoms with E-state index < -0.39 is 27.9 Å². The molecule has 1 aromatic carbocycles. The lowest BCUT2D eigenvalue weighted by molar-refractivity contribution is -0.385. The summed E-state index contributed by atoms with van der Waals surface area (Å²) in [5.74, 6) is -2.44. The van der Waals surface area contributed by atoms with Crippen LogP contribution in [0.5, 0.6) is 0 Å². The predicted molar refractivity (Wildman–Crippen MR) is 58.2 cm³/mol. The largest absolute Gasteiger partial charge is 0.356 e. The predicted octanol–water partition coefficient (Wildman–Crippen LogP) is 0.809. The highest BCUT2D eigenvalue weighted by Crippen LogP contribution is 2.28. The lowest BCUT2D eigenvalue weighted by atomic mass is 10.2. The average Bonchev–Trinajstić information content (AvgIpc) is 2.27. The molecule has 0 unspecified atom stereocenters. The Kier molecular flexibility index (Phi) is 3.09. The van der Waals surface area contributed by atoms with Crippen LogP contribution in [0.25, 0.3) is 0 Å². The molecular weight excluding hydrogens is 248 g/mol. The van der Waals surface area contributed by atoms with Crippen LogP contribution in [-0.4, -0.2) is 30.5 Å². The fourth-order valence-electron chi connectivity index (χ4n) is 1.79. The number of benzene rings is 1. The number of nitrogens with one attached hydrogen (secondary N) is 1. The molecule has 1 saturated heterocycles. The summed E-state index contributed by atoms with van der Waals surface area (Å²) in [5, 5.41) is 13.0. The molecule has 0 saturated carbocycles. The number of piperazine rings is 1. The summed E-state index contributed by atoms with van der Waals surface area (Å²) in [6.45, 7) is 0.345. The molecule has 1 N–H and O–H groups in total. The number of carbonyl (C=O) groups is 1. The van der Waals surface area contributed by atoms with E-state index in [1.54, 1.807) is 0 Å². The summed E-state index contributed by atoms with van der Waals surface area (Å²) in [4.78, 5) is 21.9. The van der Waals surface area contributed by atoms with Gasteiger partial charge in [0.25, 0.3) is 5.69 Å². The van der Waals surface area contributed by atoms with Crippen molar-refractivity contribution in [1.82, 2.24) is 5.32 Å². The molecule has 2 rings (SSSR count). The maximum absolute atomic E-state index is 13.7. The zero-order valence-electron chi connectivity index (χ0n) is 9.15. The Morgan fingerprint density at radius 1 is 1.33 bits per heavy atom. The molecule has 1 heterocycles. The van der Waals surface area contributed by atoms with E-state index in [-0.39, 0.29) is 25.5 Å². The number of halogens is 2. The van der Waals surface area contributed by atoms with Gasteiger partial charge in [0.2, 0.25) is 5.91 Å². The summed E-state index contributed by atoms with van der Waals surface area (Å²) in [7, 11) is 0. The van der Waals surface area contributed by atoms with E-state index in [1.807, 2.05) is 0 Å². The molecule has 1 amide bonds. The third kappa shape index (κ3) is 2.22. The van der Waals surface area contributed by atoms with Crippen molar-refractivity contribution in [1.29, 1.82) is 0 Å². The molecule has 0 aliphatic carbocycles. The lowest BCUT2D eigenvalue weighted by Gasteiger charge is -2.28. The summed E-state index contributed by atoms with van der Waals surface area (Å²) >= 11 is 0. The van der Waals surface area contributed by atoms with Crippen molar-refractivity contribution in [3.8, 4) is 0 Å². The second kappa shape index (κ2) is 4.55. The monoisotopic (exact) mass is 257 g/mol. The van der Waals surface area contributed by atoms with E-state index in [4.69, 9.17) is 0 Å². The summed E-state index contributed by atoms with van der Waals surface area (Å²) in [6, 6.07) is 1.29. The maximum atomic E-state index is 13.7. The van der Waals surface area contributed by atoms with Gasteiger partial charge in [0, 0.05) is 13.1 Å². The fourth-order valence-corrected chi connectivity index (χ4v) is 1.79. The molecular formula is C10H9F2N3O3. The van der Waals surface area contributed by atoms with Crippen molar-refractivity contribution in [2.24, 2.45) is 0 Å². The molecule has 0 bridgehead atoms. The molecule has 8 heteroatoms. The van der Waals surface area contributed by atoms with Crippen molar-refractivity contribution < 1.29 is 18.5 Å². The fraction of sp³-hybridized carbons (Fsp3) is 0.300. The molecule has 1 aromatic rings. The van der Waals surface area contributed by atoms with E-state index in [2.05, 4.69) is 5.32 Å². The van der Waals surface area contributed by atoms with Gasteiger partial charge in [-0.25, -0.2) is 8.78 Å². The molecule has 0 spiro atoms. The minimum Gasteiger partial charge on any atom is -0.356 e. The number of carbonyl (C=O) groups excluding carboxylic acids is 1. The Morgan fingerprint density at radius 2 is 1.94 bits per heavy atom. The number of nitrogens with zero attached hydrogens (tertiary/aromatic N) is 2. The maximum Gasteiger partial charge on any atom is 0.275 e. The van der Waals surface area contributed by atoms with Gasteiger partial charge in [-0.3, -0.25) is 14.9 Å². The normalized spacial score (nSPS) is 15.4. The number of anilines is 1. The van der Waals surface area contributed by atoms with Gasteiger partial charge in [-0.15, -0.1) is 0 Å². The first kappa shape index (κ1) is 12.2. The number of amides is 1. The SMILES string of the molecule is O=C1CN(c2c(F)cc([N+](=O)[O-])cc2F)CCN1. The van der Waals surface area contributed by atoms with E-state index in [0.29, 0.717) is 12.1 Å². The second-order valence-electron chi connectivity index (χ2n) is 3.79. The Bertz CT molecular complexity index is 498. The number of hydrogen-bond acceptors (Lipinski definition) is 4. The quantitative estimate of drug-likeness (QED) is 0.628. The molecule has 1 aliphatic heterocycles. The summed E-state index contributed by atoms with van der Waals surface area (Å²) in [5.41, 5.74) is -1.06. The molecule has 1 aliphatic rings. The molecule has 0 radical (unpaired) electrons.